The molecular formula is C15H12N2O4S2. The van der Waals surface area contributed by atoms with Gasteiger partial charge in [-0.1, -0.05) is 30.3 Å². The predicted molar refractivity (Wildman–Crippen MR) is 90.4 cm³/mol. The van der Waals surface area contributed by atoms with Crippen LogP contribution in [0, 0.1) is 0 Å². The van der Waals surface area contributed by atoms with E-state index in [2.05, 4.69) is 0 Å². The molecule has 0 aliphatic rings. The summed E-state index contributed by atoms with van der Waals surface area (Å²) in [7, 11) is -4.05. The Labute approximate surface area is 136 Å². The molecule has 0 fully saturated rings. The fraction of sp³-hybridized carbons (Fsp3) is 0. The number of rotatable bonds is 4. The lowest BCUT2D eigenvalue weighted by molar-refractivity contribution is 0.473. The monoisotopic (exact) mass is 348 g/mol. The van der Waals surface area contributed by atoms with Crippen LogP contribution in [0.15, 0.2) is 58.7 Å². The molecular weight excluding hydrogens is 336 g/mol. The predicted octanol–water partition coefficient (Wildman–Crippen LogP) is 2.02. The summed E-state index contributed by atoms with van der Waals surface area (Å²) in [6.45, 7) is 0. The Morgan fingerprint density at radius 3 is 2.52 bits per heavy atom. The molecule has 0 atom stereocenters. The molecule has 0 unspecified atom stereocenters. The number of benzene rings is 2. The summed E-state index contributed by atoms with van der Waals surface area (Å²) < 4.78 is 28.0. The van der Waals surface area contributed by atoms with Crippen molar-refractivity contribution < 1.29 is 12.6 Å². The van der Waals surface area contributed by atoms with E-state index in [1.165, 1.54) is 23.5 Å². The zero-order valence-corrected chi connectivity index (χ0v) is 13.4. The summed E-state index contributed by atoms with van der Waals surface area (Å²) in [5, 5.41) is 2.25. The third-order valence-electron chi connectivity index (χ3n) is 3.18. The second-order valence-corrected chi connectivity index (χ2v) is 6.88. The molecule has 1 heterocycles. The van der Waals surface area contributed by atoms with Gasteiger partial charge in [-0.2, -0.15) is 8.42 Å². The number of hydrogen-bond acceptors (Lipinski definition) is 6. The summed E-state index contributed by atoms with van der Waals surface area (Å²) in [5.41, 5.74) is 1.33. The van der Waals surface area contributed by atoms with E-state index in [9.17, 15) is 13.2 Å². The summed E-state index contributed by atoms with van der Waals surface area (Å²) in [5.74, 6) is 4.95. The van der Waals surface area contributed by atoms with E-state index >= 15 is 0 Å². The Hall–Kier alpha value is -2.26. The van der Waals surface area contributed by atoms with Gasteiger partial charge < -0.3 is 4.18 Å². The van der Waals surface area contributed by atoms with E-state index in [0.29, 0.717) is 15.6 Å². The Bertz CT molecular complexity index is 1010. The molecule has 23 heavy (non-hydrogen) atoms. The minimum absolute atomic E-state index is 0.0820. The molecule has 1 aromatic heterocycles. The Kier molecular flexibility index (Phi) is 4.14. The van der Waals surface area contributed by atoms with Crippen molar-refractivity contribution in [3.8, 4) is 16.9 Å². The molecule has 3 aromatic rings. The first-order chi connectivity index (χ1) is 11.0. The zero-order chi connectivity index (χ0) is 16.4. The summed E-state index contributed by atoms with van der Waals surface area (Å²) in [4.78, 5) is 14.2. The minimum Gasteiger partial charge on any atom is -0.370 e. The van der Waals surface area contributed by atoms with E-state index in [0.717, 1.165) is 5.56 Å². The lowest BCUT2D eigenvalue weighted by Crippen LogP contribution is -2.33. The highest BCUT2D eigenvalue weighted by molar-refractivity contribution is 7.85. The van der Waals surface area contributed by atoms with Gasteiger partial charge >= 0.3 is 10.3 Å². The second kappa shape index (κ2) is 6.09. The molecule has 118 valence electrons. The van der Waals surface area contributed by atoms with Crippen molar-refractivity contribution in [2.45, 2.75) is 0 Å². The number of nitrogens with one attached hydrogen (secondary N) is 1. The highest BCUT2D eigenvalue weighted by atomic mass is 32.2. The van der Waals surface area contributed by atoms with Gasteiger partial charge in [0.25, 0.3) is 0 Å². The van der Waals surface area contributed by atoms with Gasteiger partial charge in [-0.3, -0.25) is 10.6 Å². The summed E-state index contributed by atoms with van der Waals surface area (Å²) in [6, 6.07) is 13.8. The highest BCUT2D eigenvalue weighted by Crippen LogP contribution is 2.26. The van der Waals surface area contributed by atoms with Crippen LogP contribution in [0.25, 0.3) is 21.2 Å². The molecule has 8 heteroatoms. The summed E-state index contributed by atoms with van der Waals surface area (Å²) in [6.07, 6.45) is 0. The van der Waals surface area contributed by atoms with Crippen molar-refractivity contribution in [3.63, 3.8) is 0 Å². The molecule has 0 bridgehead atoms. The average molecular weight is 348 g/mol. The second-order valence-electron chi connectivity index (χ2n) is 4.66. The van der Waals surface area contributed by atoms with Crippen molar-refractivity contribution in [3.05, 3.63) is 64.1 Å². The largest absolute Gasteiger partial charge is 0.395 e. The molecule has 0 aliphatic carbocycles. The molecule has 3 N–H and O–H groups in total. The molecule has 2 aromatic carbocycles. The fourth-order valence-electron chi connectivity index (χ4n) is 2.13. The number of hydrazine groups is 1. The molecule has 0 saturated heterocycles. The van der Waals surface area contributed by atoms with Gasteiger partial charge in [0.15, 0.2) is 5.43 Å². The topological polar surface area (TPSA) is 98.5 Å². The van der Waals surface area contributed by atoms with Crippen molar-refractivity contribution in [1.29, 1.82) is 0 Å². The first-order valence-corrected chi connectivity index (χ1v) is 8.82. The van der Waals surface area contributed by atoms with Crippen LogP contribution in [-0.4, -0.2) is 8.42 Å². The third kappa shape index (κ3) is 3.25. The quantitative estimate of drug-likeness (QED) is 0.555. The first kappa shape index (κ1) is 15.6. The van der Waals surface area contributed by atoms with Crippen LogP contribution in [0.5, 0.6) is 5.75 Å². The molecule has 0 spiro atoms. The van der Waals surface area contributed by atoms with Crippen LogP contribution in [0.3, 0.4) is 0 Å². The molecule has 0 aliphatic heterocycles. The van der Waals surface area contributed by atoms with Crippen molar-refractivity contribution in [2.75, 3.05) is 0 Å². The van der Waals surface area contributed by atoms with Gasteiger partial charge in [-0.25, -0.2) is 0 Å². The fourth-order valence-corrected chi connectivity index (χ4v) is 3.49. The van der Waals surface area contributed by atoms with Crippen molar-refractivity contribution >= 4 is 31.7 Å². The Balaban J connectivity index is 2.09. The zero-order valence-electron chi connectivity index (χ0n) is 11.7. The normalized spacial score (nSPS) is 11.5. The lowest BCUT2D eigenvalue weighted by atomic mass is 10.1. The minimum atomic E-state index is -4.05. The Morgan fingerprint density at radius 2 is 1.83 bits per heavy atom. The molecule has 3 rings (SSSR count). The molecule has 0 radical (unpaired) electrons. The lowest BCUT2D eigenvalue weighted by Gasteiger charge is -2.07. The van der Waals surface area contributed by atoms with Gasteiger partial charge in [0.1, 0.15) is 5.75 Å². The highest BCUT2D eigenvalue weighted by Gasteiger charge is 2.12. The SMILES string of the molecule is NNS(=O)(=O)Oc1ccc2c(=O)c(-c3ccccc3)csc2c1. The van der Waals surface area contributed by atoms with Crippen molar-refractivity contribution in [2.24, 2.45) is 5.84 Å². The van der Waals surface area contributed by atoms with E-state index in [4.69, 9.17) is 10.0 Å². The standard InChI is InChI=1S/C15H12N2O4S2/c16-17-23(19,20)21-11-6-7-12-14(8-11)22-9-13(15(12)18)10-4-2-1-3-5-10/h1-9,17H,16H2. The Morgan fingerprint density at radius 1 is 1.09 bits per heavy atom. The van der Waals surface area contributed by atoms with E-state index in [-0.39, 0.29) is 11.2 Å². The third-order valence-corrected chi connectivity index (χ3v) is 4.83. The average Bonchev–Trinajstić information content (AvgIpc) is 2.55. The maximum Gasteiger partial charge on any atom is 0.395 e. The number of fused-ring (bicyclic) bond motifs is 1. The maximum atomic E-state index is 12.6. The van der Waals surface area contributed by atoms with Crippen LogP contribution in [0.1, 0.15) is 0 Å². The van der Waals surface area contributed by atoms with Gasteiger partial charge in [0, 0.05) is 21.0 Å². The van der Waals surface area contributed by atoms with Crippen LogP contribution < -0.4 is 20.3 Å². The van der Waals surface area contributed by atoms with Crippen LogP contribution in [0.2, 0.25) is 0 Å². The maximum absolute atomic E-state index is 12.6. The van der Waals surface area contributed by atoms with E-state index in [1.807, 2.05) is 30.3 Å². The smallest absolute Gasteiger partial charge is 0.370 e. The van der Waals surface area contributed by atoms with Gasteiger partial charge in [-0.15, -0.1) is 16.2 Å². The first-order valence-electron chi connectivity index (χ1n) is 6.53. The summed E-state index contributed by atoms with van der Waals surface area (Å²) >= 11 is 1.33. The van der Waals surface area contributed by atoms with Gasteiger partial charge in [0.05, 0.1) is 0 Å². The van der Waals surface area contributed by atoms with Crippen molar-refractivity contribution in [1.82, 2.24) is 4.83 Å². The van der Waals surface area contributed by atoms with E-state index < -0.39 is 10.3 Å². The van der Waals surface area contributed by atoms with E-state index in [1.54, 1.807) is 16.3 Å². The van der Waals surface area contributed by atoms with Gasteiger partial charge in [-0.05, 0) is 23.8 Å². The van der Waals surface area contributed by atoms with Gasteiger partial charge in [0.2, 0.25) is 0 Å². The molecule has 0 saturated carbocycles. The van der Waals surface area contributed by atoms with Crippen LogP contribution in [0.4, 0.5) is 0 Å². The molecule has 0 amide bonds. The number of hydrogen-bond donors (Lipinski definition) is 2. The van der Waals surface area contributed by atoms with Crippen LogP contribution in [-0.2, 0) is 10.3 Å². The number of nitrogens with two attached hydrogens (primary N) is 1. The molecule has 6 nitrogen and oxygen atoms in total. The van der Waals surface area contributed by atoms with Crippen LogP contribution >= 0.6 is 11.3 Å².